The van der Waals surface area contributed by atoms with Gasteiger partial charge in [-0.25, -0.2) is 0 Å². The minimum absolute atomic E-state index is 0.124. The molecule has 0 aliphatic carbocycles. The van der Waals surface area contributed by atoms with Crippen LogP contribution in [-0.4, -0.2) is 13.0 Å². The van der Waals surface area contributed by atoms with Gasteiger partial charge in [-0.3, -0.25) is 4.79 Å². The van der Waals surface area contributed by atoms with Gasteiger partial charge >= 0.3 is 0 Å². The molecule has 0 aromatic heterocycles. The quantitative estimate of drug-likeness (QED) is 0.815. The van der Waals surface area contributed by atoms with Crippen LogP contribution in [0, 0.1) is 23.7 Å². The van der Waals surface area contributed by atoms with Crippen molar-refractivity contribution in [2.75, 3.05) is 11.9 Å². The summed E-state index contributed by atoms with van der Waals surface area (Å²) in [5, 5.41) is 9.30. The zero-order valence-corrected chi connectivity index (χ0v) is 11.5. The highest BCUT2D eigenvalue weighted by molar-refractivity contribution is 5.98. The van der Waals surface area contributed by atoms with E-state index in [9.17, 15) is 10.1 Å². The fourth-order valence-corrected chi connectivity index (χ4v) is 2.03. The Hall–Kier alpha value is -1.82. The fourth-order valence-electron chi connectivity index (χ4n) is 2.03. The second-order valence-corrected chi connectivity index (χ2v) is 4.60. The number of nitriles is 1. The van der Waals surface area contributed by atoms with Crippen LogP contribution in [0.3, 0.4) is 0 Å². The van der Waals surface area contributed by atoms with E-state index in [1.54, 1.807) is 11.9 Å². The van der Waals surface area contributed by atoms with E-state index in [0.717, 1.165) is 11.3 Å². The number of anilines is 1. The van der Waals surface area contributed by atoms with Gasteiger partial charge in [0.1, 0.15) is 5.41 Å². The van der Waals surface area contributed by atoms with E-state index < -0.39 is 5.41 Å². The van der Waals surface area contributed by atoms with Gasteiger partial charge < -0.3 is 4.90 Å². The van der Waals surface area contributed by atoms with Crippen LogP contribution in [0.1, 0.15) is 32.3 Å². The average Bonchev–Trinajstić information content (AvgIpc) is 2.40. The lowest BCUT2D eigenvalue weighted by Gasteiger charge is -2.28. The van der Waals surface area contributed by atoms with Crippen molar-refractivity contribution < 1.29 is 4.79 Å². The highest BCUT2D eigenvalue weighted by Crippen LogP contribution is 2.30. The molecule has 0 radical (unpaired) electrons. The van der Waals surface area contributed by atoms with Crippen molar-refractivity contribution in [1.29, 1.82) is 5.26 Å². The van der Waals surface area contributed by atoms with Crippen molar-refractivity contribution in [3.8, 4) is 6.07 Å². The number of amides is 1. The van der Waals surface area contributed by atoms with Gasteiger partial charge in [0.25, 0.3) is 0 Å². The number of hydrogen-bond acceptors (Lipinski definition) is 2. The molecule has 18 heavy (non-hydrogen) atoms. The molecule has 96 valence electrons. The Morgan fingerprint density at radius 1 is 1.39 bits per heavy atom. The number of hydrogen-bond donors (Lipinski definition) is 0. The first-order valence-corrected chi connectivity index (χ1v) is 6.26. The molecule has 0 heterocycles. The molecule has 0 aliphatic heterocycles. The third-order valence-electron chi connectivity index (χ3n) is 3.52. The molecule has 0 spiro atoms. The Morgan fingerprint density at radius 3 is 2.44 bits per heavy atom. The molecule has 0 saturated carbocycles. The first kappa shape index (κ1) is 14.2. The maximum absolute atomic E-state index is 12.5. The largest absolute Gasteiger partial charge is 0.314 e. The monoisotopic (exact) mass is 244 g/mol. The minimum atomic E-state index is -0.904. The molecule has 1 amide bonds. The summed E-state index contributed by atoms with van der Waals surface area (Å²) in [6, 6.07) is 9.93. The topological polar surface area (TPSA) is 44.1 Å². The third kappa shape index (κ3) is 2.53. The Morgan fingerprint density at radius 2 is 2.00 bits per heavy atom. The van der Waals surface area contributed by atoms with E-state index in [2.05, 4.69) is 6.07 Å². The van der Waals surface area contributed by atoms with Gasteiger partial charge in [-0.15, -0.1) is 0 Å². The van der Waals surface area contributed by atoms with Crippen LogP contribution in [0.15, 0.2) is 24.3 Å². The Labute approximate surface area is 109 Å². The summed E-state index contributed by atoms with van der Waals surface area (Å²) < 4.78 is 0. The van der Waals surface area contributed by atoms with Crippen molar-refractivity contribution in [3.63, 3.8) is 0 Å². The van der Waals surface area contributed by atoms with Crippen LogP contribution >= 0.6 is 0 Å². The number of carbonyl (C=O) groups excluding carboxylic acids is 1. The number of rotatable bonds is 4. The summed E-state index contributed by atoms with van der Waals surface area (Å²) in [6.07, 6.45) is 1.07. The molecule has 1 rings (SSSR count). The Bertz CT molecular complexity index is 470. The Kier molecular flexibility index (Phi) is 4.49. The highest BCUT2D eigenvalue weighted by Gasteiger charge is 2.37. The summed E-state index contributed by atoms with van der Waals surface area (Å²) in [5.74, 6) is -0.124. The predicted molar refractivity (Wildman–Crippen MR) is 73.2 cm³/mol. The highest BCUT2D eigenvalue weighted by atomic mass is 16.2. The predicted octanol–water partition coefficient (Wildman–Crippen LogP) is 3.29. The van der Waals surface area contributed by atoms with Gasteiger partial charge in [0.05, 0.1) is 6.07 Å². The molecule has 0 bridgehead atoms. The maximum atomic E-state index is 12.5. The van der Waals surface area contributed by atoms with Crippen molar-refractivity contribution in [2.45, 2.75) is 33.6 Å². The van der Waals surface area contributed by atoms with Gasteiger partial charge in [-0.1, -0.05) is 26.0 Å². The molecule has 3 nitrogen and oxygen atoms in total. The summed E-state index contributed by atoms with van der Waals surface area (Å²) >= 11 is 0. The van der Waals surface area contributed by atoms with Crippen LogP contribution < -0.4 is 4.90 Å². The number of benzene rings is 1. The second kappa shape index (κ2) is 5.68. The van der Waals surface area contributed by atoms with Gasteiger partial charge in [-0.05, 0) is 37.5 Å². The smallest absolute Gasteiger partial charge is 0.247 e. The normalized spacial score (nSPS) is 10.8. The van der Waals surface area contributed by atoms with Crippen LogP contribution in [0.25, 0.3) is 0 Å². The van der Waals surface area contributed by atoms with Gasteiger partial charge in [0.2, 0.25) is 5.91 Å². The van der Waals surface area contributed by atoms with Crippen molar-refractivity contribution >= 4 is 11.6 Å². The van der Waals surface area contributed by atoms with E-state index in [-0.39, 0.29) is 5.91 Å². The van der Waals surface area contributed by atoms with E-state index in [1.807, 2.05) is 45.0 Å². The molecule has 0 saturated heterocycles. The lowest BCUT2D eigenvalue weighted by Crippen LogP contribution is -2.40. The van der Waals surface area contributed by atoms with Crippen molar-refractivity contribution in [2.24, 2.45) is 5.41 Å². The van der Waals surface area contributed by atoms with E-state index in [0.29, 0.717) is 12.8 Å². The second-order valence-electron chi connectivity index (χ2n) is 4.60. The van der Waals surface area contributed by atoms with Crippen LogP contribution in [-0.2, 0) is 4.79 Å². The summed E-state index contributed by atoms with van der Waals surface area (Å²) in [7, 11) is 1.73. The molecular formula is C15H20N2O. The van der Waals surface area contributed by atoms with Crippen molar-refractivity contribution in [3.05, 3.63) is 29.8 Å². The minimum Gasteiger partial charge on any atom is -0.314 e. The molecule has 0 unspecified atom stereocenters. The number of carbonyl (C=O) groups is 1. The molecule has 1 aromatic rings. The van der Waals surface area contributed by atoms with Crippen LogP contribution in [0.4, 0.5) is 5.69 Å². The lowest BCUT2D eigenvalue weighted by atomic mass is 9.82. The maximum Gasteiger partial charge on any atom is 0.247 e. The SMILES string of the molecule is CCC(C#N)(CC)C(=O)N(C)c1cccc(C)c1. The standard InChI is InChI=1S/C15H20N2O/c1-5-15(6-2,11-16)14(18)17(4)13-9-7-8-12(3)10-13/h7-10H,5-6H2,1-4H3. The fraction of sp³-hybridized carbons (Fsp3) is 0.467. The summed E-state index contributed by atoms with van der Waals surface area (Å²) in [4.78, 5) is 14.1. The number of nitrogens with zero attached hydrogens (tertiary/aromatic N) is 2. The molecule has 3 heteroatoms. The van der Waals surface area contributed by atoms with Crippen LogP contribution in [0.2, 0.25) is 0 Å². The average molecular weight is 244 g/mol. The lowest BCUT2D eigenvalue weighted by molar-refractivity contribution is -0.125. The van der Waals surface area contributed by atoms with E-state index in [4.69, 9.17) is 0 Å². The summed E-state index contributed by atoms with van der Waals surface area (Å²) in [5.41, 5.74) is 1.03. The Balaban J connectivity index is 3.08. The molecular weight excluding hydrogens is 224 g/mol. The zero-order valence-electron chi connectivity index (χ0n) is 11.5. The number of aryl methyl sites for hydroxylation is 1. The van der Waals surface area contributed by atoms with E-state index >= 15 is 0 Å². The van der Waals surface area contributed by atoms with Gasteiger partial charge in [0.15, 0.2) is 0 Å². The molecule has 0 fully saturated rings. The first-order chi connectivity index (χ1) is 8.50. The van der Waals surface area contributed by atoms with Gasteiger partial charge in [-0.2, -0.15) is 5.26 Å². The van der Waals surface area contributed by atoms with E-state index in [1.165, 1.54) is 0 Å². The molecule has 0 aliphatic rings. The van der Waals surface area contributed by atoms with Gasteiger partial charge in [0, 0.05) is 12.7 Å². The first-order valence-electron chi connectivity index (χ1n) is 6.26. The molecule has 0 N–H and O–H groups in total. The zero-order chi connectivity index (χ0) is 13.8. The molecule has 0 atom stereocenters. The third-order valence-corrected chi connectivity index (χ3v) is 3.52. The van der Waals surface area contributed by atoms with Crippen molar-refractivity contribution in [1.82, 2.24) is 0 Å². The molecule has 1 aromatic carbocycles. The van der Waals surface area contributed by atoms with Crippen LogP contribution in [0.5, 0.6) is 0 Å². The summed E-state index contributed by atoms with van der Waals surface area (Å²) in [6.45, 7) is 5.75.